The number of carbonyl (C=O) groups excluding carboxylic acids is 2. The number of hydrogen-bond donors (Lipinski definition) is 1. The predicted octanol–water partition coefficient (Wildman–Crippen LogP) is 5.68. The first-order valence-corrected chi connectivity index (χ1v) is 12.1. The summed E-state index contributed by atoms with van der Waals surface area (Å²) in [4.78, 5) is 28.1. The van der Waals surface area contributed by atoms with E-state index in [-0.39, 0.29) is 25.0 Å². The molecular formula is C28H30Cl2N2O3. The molecule has 0 aliphatic carbocycles. The molecule has 0 saturated carbocycles. The van der Waals surface area contributed by atoms with Crippen molar-refractivity contribution in [3.8, 4) is 5.75 Å². The minimum atomic E-state index is -0.786. The SMILES string of the molecule is CNC(=O)[C@H](Cc1ccccc1)N(Cc1c(Cl)cccc1Cl)C(=O)COc1cc(C)cc(C)c1C. The Balaban J connectivity index is 1.95. The highest BCUT2D eigenvalue weighted by Gasteiger charge is 2.31. The lowest BCUT2D eigenvalue weighted by atomic mass is 10.0. The summed E-state index contributed by atoms with van der Waals surface area (Å²) in [5, 5.41) is 3.55. The van der Waals surface area contributed by atoms with E-state index in [0.717, 1.165) is 22.3 Å². The molecule has 35 heavy (non-hydrogen) atoms. The third kappa shape index (κ3) is 6.77. The van der Waals surface area contributed by atoms with Gasteiger partial charge in [0.15, 0.2) is 6.61 Å². The second-order valence-electron chi connectivity index (χ2n) is 8.54. The average molecular weight is 513 g/mol. The Hall–Kier alpha value is -3.02. The zero-order valence-corrected chi connectivity index (χ0v) is 21.9. The maximum absolute atomic E-state index is 13.6. The highest BCUT2D eigenvalue weighted by molar-refractivity contribution is 6.36. The first-order valence-electron chi connectivity index (χ1n) is 11.4. The summed E-state index contributed by atoms with van der Waals surface area (Å²) in [6, 6.07) is 17.9. The Bertz CT molecular complexity index is 1180. The summed E-state index contributed by atoms with van der Waals surface area (Å²) < 4.78 is 5.96. The number of nitrogens with zero attached hydrogens (tertiary/aromatic N) is 1. The second-order valence-corrected chi connectivity index (χ2v) is 9.35. The maximum Gasteiger partial charge on any atom is 0.261 e. The van der Waals surface area contributed by atoms with E-state index < -0.39 is 6.04 Å². The fourth-order valence-corrected chi connectivity index (χ4v) is 4.46. The van der Waals surface area contributed by atoms with Gasteiger partial charge in [-0.25, -0.2) is 0 Å². The summed E-state index contributed by atoms with van der Waals surface area (Å²) >= 11 is 12.9. The van der Waals surface area contributed by atoms with E-state index in [1.54, 1.807) is 25.2 Å². The third-order valence-electron chi connectivity index (χ3n) is 6.02. The van der Waals surface area contributed by atoms with Gasteiger partial charge in [0, 0.05) is 35.6 Å². The number of halogens is 2. The molecule has 0 spiro atoms. The zero-order chi connectivity index (χ0) is 25.5. The van der Waals surface area contributed by atoms with Crippen molar-refractivity contribution in [1.82, 2.24) is 10.2 Å². The number of rotatable bonds is 9. The van der Waals surface area contributed by atoms with Gasteiger partial charge in [-0.15, -0.1) is 0 Å². The lowest BCUT2D eigenvalue weighted by molar-refractivity contribution is -0.142. The van der Waals surface area contributed by atoms with E-state index in [1.165, 1.54) is 4.90 Å². The van der Waals surface area contributed by atoms with Crippen LogP contribution in [0.15, 0.2) is 60.7 Å². The standard InChI is InChI=1S/C28H30Cl2N2O3/c1-18-13-19(2)20(3)26(14-18)35-17-27(33)32(16-22-23(29)11-8-12-24(22)30)25(28(34)31-4)15-21-9-6-5-7-10-21/h5-14,25H,15-17H2,1-4H3,(H,31,34)/t25-/m0/s1. The van der Waals surface area contributed by atoms with Gasteiger partial charge in [-0.1, -0.05) is 65.7 Å². The molecule has 0 radical (unpaired) electrons. The van der Waals surface area contributed by atoms with Gasteiger partial charge in [-0.3, -0.25) is 9.59 Å². The van der Waals surface area contributed by atoms with Crippen LogP contribution in [-0.2, 0) is 22.6 Å². The molecule has 0 fully saturated rings. The Labute approximate surface area is 217 Å². The first kappa shape index (κ1) is 26.6. The van der Waals surface area contributed by atoms with Crippen molar-refractivity contribution < 1.29 is 14.3 Å². The predicted molar refractivity (Wildman–Crippen MR) is 141 cm³/mol. The molecule has 0 aliphatic rings. The molecule has 0 aliphatic heterocycles. The number of ether oxygens (including phenoxy) is 1. The van der Waals surface area contributed by atoms with Crippen LogP contribution in [0.5, 0.6) is 5.75 Å². The van der Waals surface area contributed by atoms with Crippen molar-refractivity contribution in [2.75, 3.05) is 13.7 Å². The molecule has 1 atom stereocenters. The van der Waals surface area contributed by atoms with Crippen molar-refractivity contribution >= 4 is 35.0 Å². The molecule has 1 N–H and O–H groups in total. The maximum atomic E-state index is 13.6. The van der Waals surface area contributed by atoms with E-state index in [9.17, 15) is 9.59 Å². The van der Waals surface area contributed by atoms with Crippen molar-refractivity contribution in [2.45, 2.75) is 39.8 Å². The second kappa shape index (κ2) is 12.1. The number of likely N-dealkylation sites (N-methyl/N-ethyl adjacent to an activating group) is 1. The molecule has 0 heterocycles. The minimum absolute atomic E-state index is 0.0669. The molecule has 0 bridgehead atoms. The van der Waals surface area contributed by atoms with E-state index in [2.05, 4.69) is 11.4 Å². The van der Waals surface area contributed by atoms with Gasteiger partial charge < -0.3 is 15.0 Å². The Morgan fingerprint density at radius 3 is 2.26 bits per heavy atom. The number of hydrogen-bond acceptors (Lipinski definition) is 3. The van der Waals surface area contributed by atoms with Gasteiger partial charge in [0.1, 0.15) is 11.8 Å². The molecule has 3 aromatic rings. The van der Waals surface area contributed by atoms with E-state index >= 15 is 0 Å². The molecular weight excluding hydrogens is 483 g/mol. The van der Waals surface area contributed by atoms with Crippen molar-refractivity contribution in [3.63, 3.8) is 0 Å². The normalized spacial score (nSPS) is 11.6. The Morgan fingerprint density at radius 2 is 1.63 bits per heavy atom. The van der Waals surface area contributed by atoms with Gasteiger partial charge in [0.05, 0.1) is 0 Å². The lowest BCUT2D eigenvalue weighted by Crippen LogP contribution is -2.51. The highest BCUT2D eigenvalue weighted by atomic mass is 35.5. The molecule has 3 aromatic carbocycles. The number of carbonyl (C=O) groups is 2. The van der Waals surface area contributed by atoms with E-state index in [4.69, 9.17) is 27.9 Å². The third-order valence-corrected chi connectivity index (χ3v) is 6.73. The fraction of sp³-hybridized carbons (Fsp3) is 0.286. The van der Waals surface area contributed by atoms with E-state index in [0.29, 0.717) is 27.8 Å². The molecule has 0 aromatic heterocycles. The number of benzene rings is 3. The van der Waals surface area contributed by atoms with Gasteiger partial charge in [0.2, 0.25) is 5.91 Å². The van der Waals surface area contributed by atoms with Crippen LogP contribution < -0.4 is 10.1 Å². The summed E-state index contributed by atoms with van der Waals surface area (Å²) in [5.74, 6) is 0.0168. The molecule has 7 heteroatoms. The van der Waals surface area contributed by atoms with Crippen LogP contribution in [0.25, 0.3) is 0 Å². The average Bonchev–Trinajstić information content (AvgIpc) is 2.84. The van der Waals surface area contributed by atoms with Crippen LogP contribution in [0.4, 0.5) is 0 Å². The van der Waals surface area contributed by atoms with Crippen LogP contribution in [0, 0.1) is 20.8 Å². The Morgan fingerprint density at radius 1 is 0.971 bits per heavy atom. The zero-order valence-electron chi connectivity index (χ0n) is 20.4. The molecule has 3 rings (SSSR count). The number of amides is 2. The van der Waals surface area contributed by atoms with Crippen LogP contribution in [0.1, 0.15) is 27.8 Å². The summed E-state index contributed by atoms with van der Waals surface area (Å²) in [6.45, 7) is 5.78. The quantitative estimate of drug-likeness (QED) is 0.400. The molecule has 0 saturated heterocycles. The van der Waals surface area contributed by atoms with Gasteiger partial charge >= 0.3 is 0 Å². The number of aryl methyl sites for hydroxylation is 2. The summed E-state index contributed by atoms with van der Waals surface area (Å²) in [7, 11) is 1.56. The highest BCUT2D eigenvalue weighted by Crippen LogP contribution is 2.28. The van der Waals surface area contributed by atoms with Crippen LogP contribution >= 0.6 is 23.2 Å². The van der Waals surface area contributed by atoms with Gasteiger partial charge in [0.25, 0.3) is 5.91 Å². The van der Waals surface area contributed by atoms with Crippen molar-refractivity contribution in [3.05, 3.63) is 98.5 Å². The molecule has 184 valence electrons. The molecule has 5 nitrogen and oxygen atoms in total. The van der Waals surface area contributed by atoms with Crippen LogP contribution in [-0.4, -0.2) is 36.4 Å². The minimum Gasteiger partial charge on any atom is -0.483 e. The molecule has 0 unspecified atom stereocenters. The van der Waals surface area contributed by atoms with Gasteiger partial charge in [-0.05, 0) is 61.2 Å². The number of nitrogens with one attached hydrogen (secondary N) is 1. The smallest absolute Gasteiger partial charge is 0.261 e. The van der Waals surface area contributed by atoms with Crippen molar-refractivity contribution in [1.29, 1.82) is 0 Å². The first-order chi connectivity index (χ1) is 16.7. The van der Waals surface area contributed by atoms with Crippen molar-refractivity contribution in [2.24, 2.45) is 0 Å². The summed E-state index contributed by atoms with van der Waals surface area (Å²) in [5.41, 5.74) is 4.60. The summed E-state index contributed by atoms with van der Waals surface area (Å²) in [6.07, 6.45) is 0.330. The largest absolute Gasteiger partial charge is 0.483 e. The van der Waals surface area contributed by atoms with Crippen LogP contribution in [0.3, 0.4) is 0 Å². The van der Waals surface area contributed by atoms with Crippen LogP contribution in [0.2, 0.25) is 10.0 Å². The fourth-order valence-electron chi connectivity index (χ4n) is 3.95. The van der Waals surface area contributed by atoms with E-state index in [1.807, 2.05) is 57.2 Å². The Kier molecular flexibility index (Phi) is 9.19. The molecule has 2 amide bonds. The topological polar surface area (TPSA) is 58.6 Å². The lowest BCUT2D eigenvalue weighted by Gasteiger charge is -2.31. The van der Waals surface area contributed by atoms with Gasteiger partial charge in [-0.2, -0.15) is 0 Å². The monoisotopic (exact) mass is 512 g/mol.